The lowest BCUT2D eigenvalue weighted by Gasteiger charge is -2.30. The van der Waals surface area contributed by atoms with Crippen molar-refractivity contribution in [2.45, 2.75) is 31.9 Å². The Hall–Kier alpha value is -2.91. The van der Waals surface area contributed by atoms with Crippen LogP contribution in [0.15, 0.2) is 21.3 Å². The molecule has 1 aromatic carbocycles. The van der Waals surface area contributed by atoms with Crippen molar-refractivity contribution in [3.8, 4) is 0 Å². The SMILES string of the molecule is CC(=O)N1CCC(c2cc(=O)c3cc(F)c4[nH]c(C(F)(F)F)nc4c3o2)CC1. The maximum Gasteiger partial charge on any atom is 0.449 e. The number of amides is 1. The third-order valence-electron chi connectivity index (χ3n) is 5.04. The van der Waals surface area contributed by atoms with Gasteiger partial charge in [-0.25, -0.2) is 9.37 Å². The number of benzene rings is 1. The van der Waals surface area contributed by atoms with Crippen LogP contribution in [-0.2, 0) is 11.0 Å². The van der Waals surface area contributed by atoms with Crippen LogP contribution < -0.4 is 5.43 Å². The number of fused-ring (bicyclic) bond motifs is 3. The standard InChI is InChI=1S/C18H15F4N3O3/c1-8(26)25-4-2-9(3-5-25)13-7-12(27)10-6-11(19)14-15(16(10)28-13)24-17(23-14)18(20,21)22/h6-7,9H,2-5H2,1H3,(H,23,24). The third kappa shape index (κ3) is 3.02. The highest BCUT2D eigenvalue weighted by molar-refractivity contribution is 6.00. The Morgan fingerprint density at radius 3 is 2.57 bits per heavy atom. The smallest absolute Gasteiger partial charge is 0.449 e. The normalized spacial score (nSPS) is 16.2. The Morgan fingerprint density at radius 2 is 1.96 bits per heavy atom. The zero-order valence-electron chi connectivity index (χ0n) is 14.7. The molecule has 3 heterocycles. The number of rotatable bonds is 1. The van der Waals surface area contributed by atoms with Crippen molar-refractivity contribution in [1.29, 1.82) is 0 Å². The topological polar surface area (TPSA) is 79.2 Å². The van der Waals surface area contributed by atoms with Crippen molar-refractivity contribution >= 4 is 27.9 Å². The first-order valence-corrected chi connectivity index (χ1v) is 8.64. The van der Waals surface area contributed by atoms with Gasteiger partial charge >= 0.3 is 6.18 Å². The van der Waals surface area contributed by atoms with Crippen molar-refractivity contribution in [2.24, 2.45) is 0 Å². The monoisotopic (exact) mass is 397 g/mol. The van der Waals surface area contributed by atoms with Crippen molar-refractivity contribution in [3.05, 3.63) is 39.8 Å². The Balaban J connectivity index is 1.84. The maximum absolute atomic E-state index is 14.2. The first-order valence-electron chi connectivity index (χ1n) is 8.64. The second kappa shape index (κ2) is 6.32. The van der Waals surface area contributed by atoms with E-state index < -0.39 is 28.8 Å². The van der Waals surface area contributed by atoms with E-state index in [1.165, 1.54) is 13.0 Å². The first kappa shape index (κ1) is 18.5. The van der Waals surface area contributed by atoms with E-state index in [1.54, 1.807) is 4.90 Å². The molecule has 0 unspecified atom stereocenters. The van der Waals surface area contributed by atoms with E-state index in [2.05, 4.69) is 4.98 Å². The van der Waals surface area contributed by atoms with Crippen molar-refractivity contribution < 1.29 is 26.8 Å². The van der Waals surface area contributed by atoms with Gasteiger partial charge in [-0.05, 0) is 18.9 Å². The van der Waals surface area contributed by atoms with Crippen LogP contribution in [0.4, 0.5) is 17.6 Å². The summed E-state index contributed by atoms with van der Waals surface area (Å²) in [5.74, 6) is -2.30. The summed E-state index contributed by atoms with van der Waals surface area (Å²) in [7, 11) is 0. The van der Waals surface area contributed by atoms with E-state index in [-0.39, 0.29) is 28.3 Å². The summed E-state index contributed by atoms with van der Waals surface area (Å²) < 4.78 is 58.9. The molecule has 0 atom stereocenters. The molecule has 1 fully saturated rings. The summed E-state index contributed by atoms with van der Waals surface area (Å²) in [6, 6.07) is 2.09. The van der Waals surface area contributed by atoms with Crippen LogP contribution in [0.2, 0.25) is 0 Å². The number of imidazole rings is 1. The number of nitrogens with one attached hydrogen (secondary N) is 1. The van der Waals surface area contributed by atoms with E-state index in [9.17, 15) is 27.2 Å². The van der Waals surface area contributed by atoms with E-state index in [0.717, 1.165) is 6.07 Å². The van der Waals surface area contributed by atoms with Gasteiger partial charge in [0.2, 0.25) is 11.7 Å². The predicted molar refractivity (Wildman–Crippen MR) is 91.3 cm³/mol. The van der Waals surface area contributed by atoms with E-state index in [4.69, 9.17) is 4.42 Å². The van der Waals surface area contributed by atoms with Gasteiger partial charge in [-0.15, -0.1) is 0 Å². The molecule has 1 amide bonds. The number of piperidine rings is 1. The molecule has 2 aromatic heterocycles. The van der Waals surface area contributed by atoms with Crippen LogP contribution in [0.5, 0.6) is 0 Å². The first-order chi connectivity index (χ1) is 13.1. The number of H-pyrrole nitrogens is 1. The van der Waals surface area contributed by atoms with E-state index >= 15 is 0 Å². The summed E-state index contributed by atoms with van der Waals surface area (Å²) in [6.45, 7) is 2.44. The number of nitrogens with zero attached hydrogens (tertiary/aromatic N) is 2. The molecule has 0 bridgehead atoms. The number of aromatic amines is 1. The quantitative estimate of drug-likeness (QED) is 0.637. The molecule has 3 aromatic rings. The van der Waals surface area contributed by atoms with Gasteiger partial charge in [0.05, 0.1) is 5.39 Å². The average molecular weight is 397 g/mol. The number of aromatic nitrogens is 2. The molecular weight excluding hydrogens is 382 g/mol. The second-order valence-corrected chi connectivity index (χ2v) is 6.84. The molecule has 0 radical (unpaired) electrons. The lowest BCUT2D eigenvalue weighted by atomic mass is 9.93. The minimum absolute atomic E-state index is 0.0493. The summed E-state index contributed by atoms with van der Waals surface area (Å²) in [6.07, 6.45) is -3.70. The van der Waals surface area contributed by atoms with Crippen LogP contribution in [0.1, 0.15) is 37.3 Å². The Kier molecular flexibility index (Phi) is 4.16. The Morgan fingerprint density at radius 1 is 1.29 bits per heavy atom. The highest BCUT2D eigenvalue weighted by Crippen LogP contribution is 2.34. The van der Waals surface area contributed by atoms with Crippen LogP contribution >= 0.6 is 0 Å². The Bertz CT molecular complexity index is 1140. The number of halogens is 4. The largest absolute Gasteiger partial charge is 0.458 e. The molecule has 1 aliphatic rings. The molecule has 1 N–H and O–H groups in total. The molecule has 28 heavy (non-hydrogen) atoms. The minimum Gasteiger partial charge on any atom is -0.458 e. The average Bonchev–Trinajstić information content (AvgIpc) is 3.09. The van der Waals surface area contributed by atoms with Crippen LogP contribution in [0.25, 0.3) is 22.0 Å². The van der Waals surface area contributed by atoms with E-state index in [1.807, 2.05) is 4.98 Å². The van der Waals surface area contributed by atoms with Crippen LogP contribution in [0, 0.1) is 5.82 Å². The zero-order valence-corrected chi connectivity index (χ0v) is 14.7. The van der Waals surface area contributed by atoms with Crippen molar-refractivity contribution in [3.63, 3.8) is 0 Å². The number of hydrogen-bond acceptors (Lipinski definition) is 4. The molecule has 6 nitrogen and oxygen atoms in total. The fourth-order valence-electron chi connectivity index (χ4n) is 3.56. The molecule has 1 aliphatic heterocycles. The van der Waals surface area contributed by atoms with Crippen LogP contribution in [0.3, 0.4) is 0 Å². The predicted octanol–water partition coefficient (Wildman–Crippen LogP) is 3.55. The highest BCUT2D eigenvalue weighted by Gasteiger charge is 2.36. The van der Waals surface area contributed by atoms with Gasteiger partial charge in [0.15, 0.2) is 11.0 Å². The lowest BCUT2D eigenvalue weighted by Crippen LogP contribution is -2.36. The molecule has 1 saturated heterocycles. The molecule has 0 saturated carbocycles. The molecule has 148 valence electrons. The molecule has 0 aliphatic carbocycles. The van der Waals surface area contributed by atoms with Gasteiger partial charge < -0.3 is 14.3 Å². The lowest BCUT2D eigenvalue weighted by molar-refractivity contribution is -0.144. The highest BCUT2D eigenvalue weighted by atomic mass is 19.4. The van der Waals surface area contributed by atoms with Crippen LogP contribution in [-0.4, -0.2) is 33.9 Å². The minimum atomic E-state index is -4.80. The number of likely N-dealkylation sites (tertiary alicyclic amines) is 1. The molecule has 4 rings (SSSR count). The summed E-state index contributed by atoms with van der Waals surface area (Å²) >= 11 is 0. The molecule has 10 heteroatoms. The van der Waals surface area contributed by atoms with Gasteiger partial charge in [-0.1, -0.05) is 0 Å². The second-order valence-electron chi connectivity index (χ2n) is 6.84. The fraction of sp³-hybridized carbons (Fsp3) is 0.389. The fourth-order valence-corrected chi connectivity index (χ4v) is 3.56. The van der Waals surface area contributed by atoms with Crippen molar-refractivity contribution in [2.75, 3.05) is 13.1 Å². The third-order valence-corrected chi connectivity index (χ3v) is 5.04. The van der Waals surface area contributed by atoms with E-state index in [0.29, 0.717) is 31.7 Å². The molecular formula is C18H15F4N3O3. The summed E-state index contributed by atoms with van der Waals surface area (Å²) in [4.78, 5) is 30.9. The number of carbonyl (C=O) groups excluding carboxylic acids is 1. The maximum atomic E-state index is 14.2. The Labute approximate surface area is 155 Å². The van der Waals surface area contributed by atoms with Gasteiger partial charge in [0, 0.05) is 32.0 Å². The number of carbonyl (C=O) groups is 1. The zero-order chi connectivity index (χ0) is 20.2. The summed E-state index contributed by atoms with van der Waals surface area (Å²) in [5.41, 5.74) is -1.57. The molecule has 0 spiro atoms. The van der Waals surface area contributed by atoms with Crippen molar-refractivity contribution in [1.82, 2.24) is 14.9 Å². The summed E-state index contributed by atoms with van der Waals surface area (Å²) in [5, 5.41) is -0.171. The van der Waals surface area contributed by atoms with Gasteiger partial charge in [-0.2, -0.15) is 13.2 Å². The van der Waals surface area contributed by atoms with Gasteiger partial charge in [0.1, 0.15) is 22.6 Å². The number of hydrogen-bond donors (Lipinski definition) is 1. The van der Waals surface area contributed by atoms with Gasteiger partial charge in [-0.3, -0.25) is 9.59 Å². The number of alkyl halides is 3. The van der Waals surface area contributed by atoms with Gasteiger partial charge in [0.25, 0.3) is 0 Å².